The molecule has 3 N–H and O–H groups in total. The first-order chi connectivity index (χ1) is 32.3. The van der Waals surface area contributed by atoms with E-state index in [1.54, 1.807) is 35.3 Å². The third-order valence-corrected chi connectivity index (χ3v) is 15.1. The van der Waals surface area contributed by atoms with Crippen molar-refractivity contribution >= 4 is 90.4 Å². The molecular formula is C50H55N9O6S2. The molecule has 67 heavy (non-hydrogen) atoms. The molecule has 7 heterocycles. The highest BCUT2D eigenvalue weighted by Crippen LogP contribution is 2.44. The minimum atomic E-state index is -0.724. The number of carbonyl (C=O) groups is 2. The molecule has 4 aromatic heterocycles. The molecule has 3 aliphatic heterocycles. The Labute approximate surface area is 397 Å². The number of thiophene rings is 2. The van der Waals surface area contributed by atoms with Crippen molar-refractivity contribution in [2.75, 3.05) is 23.7 Å². The maximum Gasteiger partial charge on any atom is 0.306 e. The summed E-state index contributed by atoms with van der Waals surface area (Å²) in [6, 6.07) is 8.27. The summed E-state index contributed by atoms with van der Waals surface area (Å²) in [4.78, 5) is 58.1. The normalized spacial score (nSPS) is 20.3. The van der Waals surface area contributed by atoms with Crippen LogP contribution in [-0.4, -0.2) is 91.8 Å². The first-order valence-electron chi connectivity index (χ1n) is 23.2. The average molecular weight is 942 g/mol. The zero-order valence-corrected chi connectivity index (χ0v) is 40.2. The molecular weight excluding hydrogens is 887 g/mol. The van der Waals surface area contributed by atoms with Crippen LogP contribution in [0.5, 0.6) is 11.5 Å². The number of amides is 1. The maximum atomic E-state index is 13.4. The number of fused-ring (bicyclic) bond motifs is 8. The summed E-state index contributed by atoms with van der Waals surface area (Å²) in [5.41, 5.74) is 8.66. The number of nitrogens with zero attached hydrogens (tertiary/aromatic N) is 7. The highest BCUT2D eigenvalue weighted by molar-refractivity contribution is 7.19. The van der Waals surface area contributed by atoms with Crippen molar-refractivity contribution in [1.82, 2.24) is 24.8 Å². The summed E-state index contributed by atoms with van der Waals surface area (Å²) in [5.74, 6) is 2.30. The standard InChI is InChI=1S/C28H33N5O3S.C22H22N4O3S/c1-15(2)35-23-8-20-11-29-10-19(20)7-22(23)32-26-25-21-6-5-18(9-24(21)37-27(25)31-14-30-26)28(34)33-12-16(3)36-17(4)13-33;1-11(2)29-17-6-14-9-23-8-13(14)5-16(17)26-20-19-15-4-3-12(22(27)28)7-18(15)30-21(19)25-10-24-20/h7-8,10,14-18H,5-6,9,11-13H2,1-4H3,(H,30,31,32);5-6,8,10-12H,3-4,7,9H2,1-2H3,(H,27,28)(H,24,25,26)/t16-,17+,18-;12-/m00/s1. The van der Waals surface area contributed by atoms with Crippen molar-refractivity contribution in [1.29, 1.82) is 0 Å². The fourth-order valence-electron chi connectivity index (χ4n) is 9.88. The molecule has 1 saturated heterocycles. The van der Waals surface area contributed by atoms with Gasteiger partial charge in [-0.3, -0.25) is 19.6 Å². The second kappa shape index (κ2) is 18.6. The molecule has 1 fully saturated rings. The Balaban J connectivity index is 0.000000160. The summed E-state index contributed by atoms with van der Waals surface area (Å²) < 4.78 is 18.1. The second-order valence-corrected chi connectivity index (χ2v) is 20.8. The number of aliphatic carboxylic acids is 1. The number of aliphatic imine (C=N–C) groups is 2. The molecule has 0 spiro atoms. The van der Waals surface area contributed by atoms with E-state index in [-0.39, 0.29) is 42.2 Å². The average Bonchev–Trinajstić information content (AvgIpc) is 4.10. The fraction of sp³-hybridized carbons (Fsp3) is 0.440. The Morgan fingerprint density at radius 3 is 1.67 bits per heavy atom. The van der Waals surface area contributed by atoms with E-state index < -0.39 is 5.97 Å². The predicted molar refractivity (Wildman–Crippen MR) is 264 cm³/mol. The SMILES string of the molecule is CC(C)Oc1cc2c(cc1Nc1ncnc3sc4c(c13)CC[C@H](C(=O)N1C[C@@H](C)O[C@@H](C)C1)C4)C=NC2.CC(C)Oc1cc2c(cc1Nc1ncnc3sc4c(c13)CC[C@H](C(=O)O)C4)C=NC2. The maximum absolute atomic E-state index is 13.4. The fourth-order valence-corrected chi connectivity index (χ4v) is 12.4. The van der Waals surface area contributed by atoms with Crippen LogP contribution in [0, 0.1) is 11.8 Å². The van der Waals surface area contributed by atoms with Crippen LogP contribution >= 0.6 is 22.7 Å². The number of rotatable bonds is 10. The predicted octanol–water partition coefficient (Wildman–Crippen LogP) is 9.24. The minimum Gasteiger partial charge on any atom is -0.489 e. The van der Waals surface area contributed by atoms with Crippen molar-refractivity contribution in [3.8, 4) is 11.5 Å². The number of ether oxygens (including phenoxy) is 3. The number of aryl methyl sites for hydroxylation is 2. The van der Waals surface area contributed by atoms with Gasteiger partial charge in [0.1, 0.15) is 45.5 Å². The molecule has 2 aromatic carbocycles. The van der Waals surface area contributed by atoms with Crippen LogP contribution in [0.15, 0.2) is 46.9 Å². The van der Waals surface area contributed by atoms with Crippen molar-refractivity contribution in [3.05, 3.63) is 80.1 Å². The van der Waals surface area contributed by atoms with Crippen LogP contribution in [0.3, 0.4) is 0 Å². The lowest BCUT2D eigenvalue weighted by Crippen LogP contribution is -2.50. The molecule has 0 unspecified atom stereocenters. The highest BCUT2D eigenvalue weighted by atomic mass is 32.1. The number of carboxylic acids is 1. The van der Waals surface area contributed by atoms with Gasteiger partial charge in [-0.05, 0) is 138 Å². The molecule has 0 bridgehead atoms. The van der Waals surface area contributed by atoms with Crippen molar-refractivity contribution in [2.24, 2.45) is 21.8 Å². The van der Waals surface area contributed by atoms with Crippen LogP contribution < -0.4 is 20.1 Å². The van der Waals surface area contributed by atoms with E-state index in [1.807, 2.05) is 64.9 Å². The van der Waals surface area contributed by atoms with E-state index in [0.29, 0.717) is 39.0 Å². The molecule has 2 aliphatic carbocycles. The van der Waals surface area contributed by atoms with Gasteiger partial charge in [-0.15, -0.1) is 22.7 Å². The molecule has 15 nitrogen and oxygen atoms in total. The monoisotopic (exact) mass is 941 g/mol. The summed E-state index contributed by atoms with van der Waals surface area (Å²) >= 11 is 3.26. The highest BCUT2D eigenvalue weighted by Gasteiger charge is 2.35. The van der Waals surface area contributed by atoms with E-state index in [4.69, 9.17) is 14.2 Å². The first-order valence-corrected chi connectivity index (χ1v) is 24.9. The number of nitrogens with one attached hydrogen (secondary N) is 2. The van der Waals surface area contributed by atoms with Gasteiger partial charge in [-0.25, -0.2) is 19.9 Å². The van der Waals surface area contributed by atoms with Crippen molar-refractivity contribution in [3.63, 3.8) is 0 Å². The molecule has 0 radical (unpaired) electrons. The largest absolute Gasteiger partial charge is 0.489 e. The summed E-state index contributed by atoms with van der Waals surface area (Å²) in [7, 11) is 0. The van der Waals surface area contributed by atoms with Gasteiger partial charge >= 0.3 is 5.97 Å². The number of benzene rings is 2. The molecule has 6 aromatic rings. The summed E-state index contributed by atoms with van der Waals surface area (Å²) in [5, 5.41) is 18.5. The van der Waals surface area contributed by atoms with Gasteiger partial charge in [0.15, 0.2) is 0 Å². The number of anilines is 4. The number of aromatic nitrogens is 4. The zero-order valence-electron chi connectivity index (χ0n) is 38.6. The van der Waals surface area contributed by atoms with E-state index >= 15 is 0 Å². The van der Waals surface area contributed by atoms with E-state index in [1.165, 1.54) is 21.6 Å². The van der Waals surface area contributed by atoms with Gasteiger partial charge in [0.25, 0.3) is 0 Å². The Hall–Kier alpha value is -6.04. The Morgan fingerprint density at radius 1 is 0.716 bits per heavy atom. The first kappa shape index (κ1) is 44.8. The van der Waals surface area contributed by atoms with Gasteiger partial charge in [-0.2, -0.15) is 0 Å². The number of hydrogen-bond acceptors (Lipinski definition) is 15. The Bertz CT molecular complexity index is 2950. The van der Waals surface area contributed by atoms with Gasteiger partial charge < -0.3 is 34.9 Å². The second-order valence-electron chi connectivity index (χ2n) is 18.6. The smallest absolute Gasteiger partial charge is 0.306 e. The lowest BCUT2D eigenvalue weighted by Gasteiger charge is -2.37. The molecule has 348 valence electrons. The van der Waals surface area contributed by atoms with E-state index in [9.17, 15) is 14.7 Å². The lowest BCUT2D eigenvalue weighted by atomic mass is 9.86. The van der Waals surface area contributed by atoms with Crippen LogP contribution in [0.25, 0.3) is 20.4 Å². The lowest BCUT2D eigenvalue weighted by molar-refractivity contribution is -0.147. The quantitative estimate of drug-likeness (QED) is 0.118. The summed E-state index contributed by atoms with van der Waals surface area (Å²) in [6.07, 6.45) is 11.6. The number of carbonyl (C=O) groups excluding carboxylic acids is 1. The molecule has 4 atom stereocenters. The van der Waals surface area contributed by atoms with E-state index in [2.05, 4.69) is 58.8 Å². The zero-order chi connectivity index (χ0) is 46.5. The molecule has 1 amide bonds. The molecule has 5 aliphatic rings. The number of hydrogen-bond donors (Lipinski definition) is 3. The number of morpholine rings is 1. The molecule has 17 heteroatoms. The molecule has 11 rings (SSSR count). The Kier molecular flexibility index (Phi) is 12.4. The van der Waals surface area contributed by atoms with Crippen LogP contribution in [0.1, 0.15) is 97.5 Å². The summed E-state index contributed by atoms with van der Waals surface area (Å²) in [6.45, 7) is 14.8. The third kappa shape index (κ3) is 9.20. The van der Waals surface area contributed by atoms with Crippen molar-refractivity contribution in [2.45, 2.75) is 118 Å². The molecule has 0 saturated carbocycles. The van der Waals surface area contributed by atoms with Gasteiger partial charge in [0.05, 0.1) is 65.6 Å². The van der Waals surface area contributed by atoms with Crippen LogP contribution in [-0.2, 0) is 53.1 Å². The van der Waals surface area contributed by atoms with Crippen LogP contribution in [0.2, 0.25) is 0 Å². The Morgan fingerprint density at radius 2 is 1.19 bits per heavy atom. The van der Waals surface area contributed by atoms with Crippen molar-refractivity contribution < 1.29 is 28.9 Å². The van der Waals surface area contributed by atoms with Gasteiger partial charge in [0.2, 0.25) is 5.91 Å². The number of carboxylic acid groups (broad SMARTS) is 1. The van der Waals surface area contributed by atoms with Crippen LogP contribution in [0.4, 0.5) is 23.0 Å². The van der Waals surface area contributed by atoms with Gasteiger partial charge in [-0.1, -0.05) is 0 Å². The van der Waals surface area contributed by atoms with Gasteiger partial charge in [0, 0.05) is 41.2 Å². The topological polar surface area (TPSA) is 186 Å². The van der Waals surface area contributed by atoms with E-state index in [0.717, 1.165) is 102 Å². The minimum absolute atomic E-state index is 0.00414. The third-order valence-electron chi connectivity index (χ3n) is 12.8.